The van der Waals surface area contributed by atoms with Gasteiger partial charge in [-0.1, -0.05) is 41.5 Å². The van der Waals surface area contributed by atoms with Gasteiger partial charge >= 0.3 is 0 Å². The van der Waals surface area contributed by atoms with Gasteiger partial charge in [0.2, 0.25) is 0 Å². The molecule has 0 aromatic carbocycles. The molecule has 0 heterocycles. The highest BCUT2D eigenvalue weighted by atomic mass is 35.5. The lowest BCUT2D eigenvalue weighted by atomic mass is 9.82. The van der Waals surface area contributed by atoms with E-state index >= 15 is 0 Å². The number of halogens is 2. The highest BCUT2D eigenvalue weighted by Crippen LogP contribution is 2.32. The normalized spacial score (nSPS) is 17.7. The maximum absolute atomic E-state index is 11.9. The van der Waals surface area contributed by atoms with Crippen LogP contribution in [-0.2, 0) is 4.79 Å². The number of hydrogen-bond acceptors (Lipinski definition) is 1. The second kappa shape index (κ2) is 4.40. The fourth-order valence-electron chi connectivity index (χ4n) is 0.982. The number of carbonyl (C=O) groups excluding carboxylic acids is 1. The smallest absolute Gasteiger partial charge is 0.169 e. The van der Waals surface area contributed by atoms with Crippen LogP contribution in [0.1, 0.15) is 41.5 Å². The predicted octanol–water partition coefficient (Wildman–Crippen LogP) is 3.86. The minimum atomic E-state index is -0.524. The molecule has 0 radical (unpaired) electrons. The summed E-state index contributed by atoms with van der Waals surface area (Å²) >= 11 is 12.1. The van der Waals surface area contributed by atoms with E-state index in [1.807, 2.05) is 41.5 Å². The summed E-state index contributed by atoms with van der Waals surface area (Å²) in [6.07, 6.45) is 0. The van der Waals surface area contributed by atoms with E-state index in [1.165, 1.54) is 0 Å². The van der Waals surface area contributed by atoms with Crippen molar-refractivity contribution in [3.63, 3.8) is 0 Å². The SMILES string of the molecule is CC(C)(C)C(Cl)C(=O)C(Cl)C(C)(C)C. The molecular formula is C11H20Cl2O. The van der Waals surface area contributed by atoms with Crippen molar-refractivity contribution in [2.75, 3.05) is 0 Å². The summed E-state index contributed by atoms with van der Waals surface area (Å²) in [4.78, 5) is 11.9. The van der Waals surface area contributed by atoms with Crippen molar-refractivity contribution < 1.29 is 4.79 Å². The third kappa shape index (κ3) is 3.78. The molecule has 0 rings (SSSR count). The predicted molar refractivity (Wildman–Crippen MR) is 63.2 cm³/mol. The lowest BCUT2D eigenvalue weighted by Gasteiger charge is -2.30. The molecule has 0 fully saturated rings. The van der Waals surface area contributed by atoms with E-state index < -0.39 is 10.8 Å². The standard InChI is InChI=1S/C11H20Cl2O/c1-10(2,3)8(12)7(14)9(13)11(4,5)6/h8-9H,1-6H3. The molecule has 0 bridgehead atoms. The quantitative estimate of drug-likeness (QED) is 0.668. The summed E-state index contributed by atoms with van der Waals surface area (Å²) in [7, 11) is 0. The molecule has 0 N–H and O–H groups in total. The highest BCUT2D eigenvalue weighted by Gasteiger charge is 2.38. The lowest BCUT2D eigenvalue weighted by molar-refractivity contribution is -0.121. The Morgan fingerprint density at radius 2 is 1.07 bits per heavy atom. The zero-order valence-electron chi connectivity index (χ0n) is 9.82. The first kappa shape index (κ1) is 14.2. The maximum Gasteiger partial charge on any atom is 0.169 e. The van der Waals surface area contributed by atoms with E-state index in [1.54, 1.807) is 0 Å². The molecule has 2 unspecified atom stereocenters. The van der Waals surface area contributed by atoms with Crippen LogP contribution in [0.5, 0.6) is 0 Å². The van der Waals surface area contributed by atoms with Gasteiger partial charge < -0.3 is 0 Å². The van der Waals surface area contributed by atoms with Gasteiger partial charge in [-0.25, -0.2) is 0 Å². The van der Waals surface area contributed by atoms with E-state index in [9.17, 15) is 4.79 Å². The molecule has 0 saturated carbocycles. The Morgan fingerprint density at radius 1 is 0.857 bits per heavy atom. The molecule has 14 heavy (non-hydrogen) atoms. The van der Waals surface area contributed by atoms with E-state index in [-0.39, 0.29) is 16.6 Å². The molecule has 84 valence electrons. The summed E-state index contributed by atoms with van der Waals surface area (Å²) in [6, 6.07) is 0. The Morgan fingerprint density at radius 3 is 1.21 bits per heavy atom. The van der Waals surface area contributed by atoms with Crippen LogP contribution in [-0.4, -0.2) is 16.5 Å². The van der Waals surface area contributed by atoms with Gasteiger partial charge in [-0.15, -0.1) is 23.2 Å². The molecule has 0 amide bonds. The zero-order chi connectivity index (χ0) is 11.7. The minimum absolute atomic E-state index is 0.0756. The molecule has 3 heteroatoms. The van der Waals surface area contributed by atoms with Crippen molar-refractivity contribution >= 4 is 29.0 Å². The number of Topliss-reactive ketones (excluding diaryl/α,β-unsaturated/α-hetero) is 1. The Kier molecular flexibility index (Phi) is 4.48. The number of ketones is 1. The lowest BCUT2D eigenvalue weighted by Crippen LogP contribution is -2.40. The van der Waals surface area contributed by atoms with Gasteiger partial charge in [-0.2, -0.15) is 0 Å². The second-order valence-electron chi connectivity index (χ2n) is 5.86. The summed E-state index contributed by atoms with van der Waals surface area (Å²) in [5.41, 5.74) is -0.478. The number of rotatable bonds is 2. The van der Waals surface area contributed by atoms with Crippen molar-refractivity contribution in [1.82, 2.24) is 0 Å². The first-order valence-corrected chi connectivity index (χ1v) is 5.67. The summed E-state index contributed by atoms with van der Waals surface area (Å²) in [6.45, 7) is 11.6. The summed E-state index contributed by atoms with van der Waals surface area (Å²) < 4.78 is 0. The largest absolute Gasteiger partial charge is 0.296 e. The molecule has 0 aliphatic rings. The Balaban J connectivity index is 4.65. The fourth-order valence-corrected chi connectivity index (χ4v) is 1.30. The first-order chi connectivity index (χ1) is 5.98. The molecular weight excluding hydrogens is 219 g/mol. The van der Waals surface area contributed by atoms with E-state index in [2.05, 4.69) is 0 Å². The van der Waals surface area contributed by atoms with Gasteiger partial charge in [0.1, 0.15) is 0 Å². The molecule has 0 spiro atoms. The number of alkyl halides is 2. The first-order valence-electron chi connectivity index (χ1n) is 4.80. The van der Waals surface area contributed by atoms with Gasteiger partial charge in [-0.3, -0.25) is 4.79 Å². The molecule has 0 aromatic heterocycles. The number of hydrogen-bond donors (Lipinski definition) is 0. The van der Waals surface area contributed by atoms with Gasteiger partial charge in [0, 0.05) is 0 Å². The van der Waals surface area contributed by atoms with E-state index in [0.717, 1.165) is 0 Å². The third-order valence-electron chi connectivity index (χ3n) is 2.02. The van der Waals surface area contributed by atoms with Crippen molar-refractivity contribution in [1.29, 1.82) is 0 Å². The molecule has 0 saturated heterocycles. The van der Waals surface area contributed by atoms with Crippen LogP contribution in [0.25, 0.3) is 0 Å². The average molecular weight is 239 g/mol. The number of carbonyl (C=O) groups is 1. The van der Waals surface area contributed by atoms with Crippen LogP contribution in [0.15, 0.2) is 0 Å². The fraction of sp³-hybridized carbons (Fsp3) is 0.909. The van der Waals surface area contributed by atoms with Gasteiger partial charge in [0.15, 0.2) is 5.78 Å². The third-order valence-corrected chi connectivity index (χ3v) is 3.76. The van der Waals surface area contributed by atoms with Crippen molar-refractivity contribution in [2.24, 2.45) is 10.8 Å². The van der Waals surface area contributed by atoms with Crippen molar-refractivity contribution in [2.45, 2.75) is 52.3 Å². The van der Waals surface area contributed by atoms with Crippen molar-refractivity contribution in [3.8, 4) is 0 Å². The molecule has 0 aliphatic heterocycles. The maximum atomic E-state index is 11.9. The van der Waals surface area contributed by atoms with E-state index in [4.69, 9.17) is 23.2 Å². The Hall–Kier alpha value is 0.250. The molecule has 0 aliphatic carbocycles. The monoisotopic (exact) mass is 238 g/mol. The topological polar surface area (TPSA) is 17.1 Å². The Bertz CT molecular complexity index is 188. The molecule has 2 atom stereocenters. The van der Waals surface area contributed by atoms with Crippen LogP contribution in [0.4, 0.5) is 0 Å². The van der Waals surface area contributed by atoms with Gasteiger partial charge in [-0.05, 0) is 10.8 Å². The van der Waals surface area contributed by atoms with Crippen LogP contribution < -0.4 is 0 Å². The van der Waals surface area contributed by atoms with Crippen LogP contribution in [0.2, 0.25) is 0 Å². The summed E-state index contributed by atoms with van der Waals surface area (Å²) in [5.74, 6) is -0.0756. The average Bonchev–Trinajstić information content (AvgIpc) is 1.97. The van der Waals surface area contributed by atoms with Crippen molar-refractivity contribution in [3.05, 3.63) is 0 Å². The van der Waals surface area contributed by atoms with Crippen LogP contribution in [0, 0.1) is 10.8 Å². The van der Waals surface area contributed by atoms with Gasteiger partial charge in [0.05, 0.1) is 10.8 Å². The molecule has 1 nitrogen and oxygen atoms in total. The zero-order valence-corrected chi connectivity index (χ0v) is 11.3. The van der Waals surface area contributed by atoms with Gasteiger partial charge in [0.25, 0.3) is 0 Å². The summed E-state index contributed by atoms with van der Waals surface area (Å²) in [5, 5.41) is -1.05. The van der Waals surface area contributed by atoms with Crippen LogP contribution >= 0.6 is 23.2 Å². The van der Waals surface area contributed by atoms with Crippen LogP contribution in [0.3, 0.4) is 0 Å². The van der Waals surface area contributed by atoms with E-state index in [0.29, 0.717) is 0 Å². The highest BCUT2D eigenvalue weighted by molar-refractivity contribution is 6.40. The second-order valence-corrected chi connectivity index (χ2v) is 6.73. The Labute approximate surface area is 97.2 Å². The minimum Gasteiger partial charge on any atom is -0.296 e. The molecule has 0 aromatic rings.